The molecule has 1 aliphatic rings. The first kappa shape index (κ1) is 14.1. The second kappa shape index (κ2) is 5.02. The number of sulfonamides is 1. The van der Waals surface area contributed by atoms with Crippen molar-refractivity contribution in [3.05, 3.63) is 18.2 Å². The number of anilines is 2. The van der Waals surface area contributed by atoms with Crippen molar-refractivity contribution in [3.8, 4) is 0 Å². The molecule has 1 aromatic carbocycles. The number of nitrogens with two attached hydrogens (primary N) is 1. The van der Waals surface area contributed by atoms with Gasteiger partial charge in [0.05, 0.1) is 16.3 Å². The van der Waals surface area contributed by atoms with Crippen molar-refractivity contribution < 1.29 is 8.42 Å². The first-order valence-electron chi connectivity index (χ1n) is 6.42. The van der Waals surface area contributed by atoms with E-state index in [2.05, 4.69) is 11.8 Å². The summed E-state index contributed by atoms with van der Waals surface area (Å²) >= 11 is 0. The first-order chi connectivity index (χ1) is 8.84. The quantitative estimate of drug-likeness (QED) is 0.854. The van der Waals surface area contributed by atoms with Crippen LogP contribution in [0.4, 0.5) is 11.4 Å². The zero-order valence-corrected chi connectivity index (χ0v) is 12.4. The summed E-state index contributed by atoms with van der Waals surface area (Å²) in [6.07, 6.45) is 2.23. The van der Waals surface area contributed by atoms with Gasteiger partial charge in [-0.1, -0.05) is 0 Å². The molecule has 5 nitrogen and oxygen atoms in total. The molecular weight excluding hydrogens is 262 g/mol. The number of nitrogens with zero attached hydrogens (tertiary/aromatic N) is 2. The predicted molar refractivity (Wildman–Crippen MR) is 77.8 cm³/mol. The Bertz CT molecular complexity index is 569. The fourth-order valence-electron chi connectivity index (χ4n) is 2.43. The van der Waals surface area contributed by atoms with Gasteiger partial charge in [0.2, 0.25) is 10.0 Å². The fourth-order valence-corrected chi connectivity index (χ4v) is 3.36. The molecule has 1 atom stereocenters. The van der Waals surface area contributed by atoms with Crippen LogP contribution in [0.3, 0.4) is 0 Å². The Kier molecular flexibility index (Phi) is 3.73. The maximum Gasteiger partial charge on any atom is 0.242 e. The molecule has 0 aliphatic carbocycles. The topological polar surface area (TPSA) is 66.6 Å². The molecule has 0 radical (unpaired) electrons. The van der Waals surface area contributed by atoms with E-state index in [0.29, 0.717) is 16.6 Å². The van der Waals surface area contributed by atoms with Crippen molar-refractivity contribution in [3.63, 3.8) is 0 Å². The minimum Gasteiger partial charge on any atom is -0.397 e. The highest BCUT2D eigenvalue weighted by molar-refractivity contribution is 7.89. The van der Waals surface area contributed by atoms with Crippen LogP contribution in [0.15, 0.2) is 23.1 Å². The van der Waals surface area contributed by atoms with Gasteiger partial charge in [-0.05, 0) is 38.0 Å². The highest BCUT2D eigenvalue weighted by Gasteiger charge is 2.25. The summed E-state index contributed by atoms with van der Waals surface area (Å²) in [7, 11) is -0.349. The summed E-state index contributed by atoms with van der Waals surface area (Å²) in [5, 5.41) is 0. The maximum atomic E-state index is 12.2. The summed E-state index contributed by atoms with van der Waals surface area (Å²) in [6.45, 7) is 3.07. The molecule has 0 aromatic heterocycles. The molecule has 0 bridgehead atoms. The number of hydrogen-bond acceptors (Lipinski definition) is 4. The smallest absolute Gasteiger partial charge is 0.242 e. The van der Waals surface area contributed by atoms with E-state index >= 15 is 0 Å². The van der Waals surface area contributed by atoms with Crippen molar-refractivity contribution in [2.24, 2.45) is 0 Å². The highest BCUT2D eigenvalue weighted by Crippen LogP contribution is 2.32. The molecule has 0 saturated carbocycles. The molecule has 19 heavy (non-hydrogen) atoms. The van der Waals surface area contributed by atoms with Crippen molar-refractivity contribution in [2.45, 2.75) is 30.7 Å². The lowest BCUT2D eigenvalue weighted by molar-refractivity contribution is 0.520. The highest BCUT2D eigenvalue weighted by atomic mass is 32.2. The minimum absolute atomic E-state index is 0.292. The van der Waals surface area contributed by atoms with E-state index in [1.54, 1.807) is 18.2 Å². The average molecular weight is 283 g/mol. The third-order valence-electron chi connectivity index (χ3n) is 3.64. The summed E-state index contributed by atoms with van der Waals surface area (Å²) in [5.74, 6) is 0. The van der Waals surface area contributed by atoms with E-state index < -0.39 is 10.0 Å². The van der Waals surface area contributed by atoms with Gasteiger partial charge >= 0.3 is 0 Å². The third kappa shape index (κ3) is 2.55. The fraction of sp³-hybridized carbons (Fsp3) is 0.538. The molecule has 6 heteroatoms. The molecule has 1 unspecified atom stereocenters. The average Bonchev–Trinajstić information content (AvgIpc) is 2.75. The number of nitrogen functional groups attached to an aromatic ring is 1. The van der Waals surface area contributed by atoms with Gasteiger partial charge in [-0.25, -0.2) is 12.7 Å². The zero-order valence-electron chi connectivity index (χ0n) is 11.6. The van der Waals surface area contributed by atoms with Gasteiger partial charge in [0.25, 0.3) is 0 Å². The van der Waals surface area contributed by atoms with Gasteiger partial charge in [-0.2, -0.15) is 0 Å². The Morgan fingerprint density at radius 1 is 1.37 bits per heavy atom. The van der Waals surface area contributed by atoms with Crippen LogP contribution in [0.1, 0.15) is 19.8 Å². The molecule has 2 rings (SSSR count). The Morgan fingerprint density at radius 2 is 2.05 bits per heavy atom. The molecule has 1 fully saturated rings. The molecule has 1 heterocycles. The van der Waals surface area contributed by atoms with Gasteiger partial charge in [-0.3, -0.25) is 0 Å². The molecule has 0 spiro atoms. The predicted octanol–water partition coefficient (Wildman–Crippen LogP) is 1.51. The van der Waals surface area contributed by atoms with Crippen molar-refractivity contribution in [1.82, 2.24) is 4.31 Å². The number of hydrogen-bond donors (Lipinski definition) is 1. The van der Waals surface area contributed by atoms with Crippen molar-refractivity contribution in [2.75, 3.05) is 31.3 Å². The maximum absolute atomic E-state index is 12.2. The lowest BCUT2D eigenvalue weighted by Gasteiger charge is -2.26. The van der Waals surface area contributed by atoms with Gasteiger partial charge in [0, 0.05) is 26.7 Å². The van der Waals surface area contributed by atoms with E-state index in [9.17, 15) is 8.42 Å². The summed E-state index contributed by atoms with van der Waals surface area (Å²) < 4.78 is 25.5. The van der Waals surface area contributed by atoms with Gasteiger partial charge in [-0.15, -0.1) is 0 Å². The van der Waals surface area contributed by atoms with Crippen LogP contribution in [0.5, 0.6) is 0 Å². The van der Waals surface area contributed by atoms with Crippen LogP contribution in [0.25, 0.3) is 0 Å². The van der Waals surface area contributed by atoms with E-state index in [0.717, 1.165) is 25.1 Å². The van der Waals surface area contributed by atoms with E-state index in [1.807, 2.05) is 0 Å². The number of rotatable bonds is 3. The normalized spacial score (nSPS) is 20.2. The summed E-state index contributed by atoms with van der Waals surface area (Å²) in [5.41, 5.74) is 7.46. The van der Waals surface area contributed by atoms with Crippen molar-refractivity contribution >= 4 is 21.4 Å². The standard InChI is InChI=1S/C13H21N3O2S/c1-10-5-4-8-16(10)13-9-11(6-7-12(13)14)19(17,18)15(2)3/h6-7,9-10H,4-5,8,14H2,1-3H3. The minimum atomic E-state index is -3.41. The van der Waals surface area contributed by atoms with Crippen molar-refractivity contribution in [1.29, 1.82) is 0 Å². The molecule has 106 valence electrons. The second-order valence-corrected chi connectivity index (χ2v) is 7.34. The number of benzene rings is 1. The van der Waals surface area contributed by atoms with Crippen LogP contribution >= 0.6 is 0 Å². The largest absolute Gasteiger partial charge is 0.397 e. The van der Waals surface area contributed by atoms with E-state index in [-0.39, 0.29) is 0 Å². The lowest BCUT2D eigenvalue weighted by Crippen LogP contribution is -2.28. The summed E-state index contributed by atoms with van der Waals surface area (Å²) in [4.78, 5) is 2.48. The molecule has 1 saturated heterocycles. The van der Waals surface area contributed by atoms with Crippen LogP contribution in [0.2, 0.25) is 0 Å². The van der Waals surface area contributed by atoms with E-state index in [1.165, 1.54) is 18.4 Å². The molecule has 2 N–H and O–H groups in total. The second-order valence-electron chi connectivity index (χ2n) is 5.19. The van der Waals surface area contributed by atoms with Crippen LogP contribution in [-0.2, 0) is 10.0 Å². The Morgan fingerprint density at radius 3 is 2.58 bits per heavy atom. The van der Waals surface area contributed by atoms with Crippen LogP contribution in [0, 0.1) is 0 Å². The molecular formula is C13H21N3O2S. The lowest BCUT2D eigenvalue weighted by atomic mass is 10.2. The molecule has 1 aromatic rings. The molecule has 0 amide bonds. The van der Waals surface area contributed by atoms with E-state index in [4.69, 9.17) is 5.73 Å². The summed E-state index contributed by atoms with van der Waals surface area (Å²) in [6, 6.07) is 5.33. The van der Waals surface area contributed by atoms with Gasteiger partial charge < -0.3 is 10.6 Å². The Balaban J connectivity index is 2.46. The van der Waals surface area contributed by atoms with Gasteiger partial charge in [0.15, 0.2) is 0 Å². The zero-order chi connectivity index (χ0) is 14.2. The van der Waals surface area contributed by atoms with Gasteiger partial charge in [0.1, 0.15) is 0 Å². The molecule has 1 aliphatic heterocycles. The first-order valence-corrected chi connectivity index (χ1v) is 7.86. The monoisotopic (exact) mass is 283 g/mol. The SMILES string of the molecule is CC1CCCN1c1cc(S(=O)(=O)N(C)C)ccc1N. The van der Waals surface area contributed by atoms with Crippen LogP contribution in [-0.4, -0.2) is 39.4 Å². The third-order valence-corrected chi connectivity index (χ3v) is 5.45. The Hall–Kier alpha value is -1.27. The Labute approximate surface area is 115 Å². The van der Waals surface area contributed by atoms with Crippen LogP contribution < -0.4 is 10.6 Å².